The highest BCUT2D eigenvalue weighted by molar-refractivity contribution is 5.45. The van der Waals surface area contributed by atoms with Crippen LogP contribution < -0.4 is 5.32 Å². The van der Waals surface area contributed by atoms with Crippen molar-refractivity contribution in [3.05, 3.63) is 65.7 Å². The van der Waals surface area contributed by atoms with Crippen molar-refractivity contribution in [3.8, 4) is 0 Å². The molecule has 1 nitrogen and oxygen atoms in total. The van der Waals surface area contributed by atoms with Gasteiger partial charge in [0.05, 0.1) is 0 Å². The molecule has 0 bridgehead atoms. The van der Waals surface area contributed by atoms with E-state index in [1.54, 1.807) is 0 Å². The molecule has 1 N–H and O–H groups in total. The Labute approximate surface area is 123 Å². The predicted octanol–water partition coefficient (Wildman–Crippen LogP) is 5.21. The first-order valence-corrected chi connectivity index (χ1v) is 7.65. The van der Waals surface area contributed by atoms with E-state index in [0.717, 1.165) is 6.42 Å². The van der Waals surface area contributed by atoms with Crippen molar-refractivity contribution < 1.29 is 0 Å². The molecular weight excluding hydrogens is 242 g/mol. The summed E-state index contributed by atoms with van der Waals surface area (Å²) in [7, 11) is 0. The molecule has 2 rings (SSSR count). The lowest BCUT2D eigenvalue weighted by Crippen LogP contribution is -2.22. The molecule has 0 radical (unpaired) electrons. The molecule has 0 aliphatic rings. The first kappa shape index (κ1) is 14.6. The molecule has 0 saturated heterocycles. The Balaban J connectivity index is 2.01. The van der Waals surface area contributed by atoms with Crippen LogP contribution in [-0.2, 0) is 6.42 Å². The van der Waals surface area contributed by atoms with Gasteiger partial charge in [0.1, 0.15) is 0 Å². The largest absolute Gasteiger partial charge is 0.382 e. The smallest absolute Gasteiger partial charge is 0.0342 e. The Morgan fingerprint density at radius 1 is 0.950 bits per heavy atom. The van der Waals surface area contributed by atoms with Crippen molar-refractivity contribution in [2.75, 3.05) is 5.32 Å². The zero-order valence-corrected chi connectivity index (χ0v) is 12.6. The molecule has 1 heteroatoms. The fourth-order valence-electron chi connectivity index (χ4n) is 2.46. The molecule has 2 aromatic carbocycles. The van der Waals surface area contributed by atoms with Crippen LogP contribution in [0.25, 0.3) is 0 Å². The second-order valence-corrected chi connectivity index (χ2v) is 5.54. The fourth-order valence-corrected chi connectivity index (χ4v) is 2.46. The Hall–Kier alpha value is -1.76. The summed E-state index contributed by atoms with van der Waals surface area (Å²) in [6.45, 7) is 4.38. The third-order valence-electron chi connectivity index (χ3n) is 3.65. The van der Waals surface area contributed by atoms with Crippen LogP contribution in [0.2, 0.25) is 0 Å². The molecular formula is C19H25N. The summed E-state index contributed by atoms with van der Waals surface area (Å²) in [5.41, 5.74) is 3.95. The maximum Gasteiger partial charge on any atom is 0.0342 e. The molecule has 1 atom stereocenters. The van der Waals surface area contributed by atoms with Gasteiger partial charge >= 0.3 is 0 Å². The van der Waals surface area contributed by atoms with E-state index in [4.69, 9.17) is 0 Å². The second kappa shape index (κ2) is 7.74. The molecule has 0 aliphatic carbocycles. The van der Waals surface area contributed by atoms with Crippen LogP contribution >= 0.6 is 0 Å². The number of anilines is 1. The molecule has 2 aromatic rings. The zero-order chi connectivity index (χ0) is 14.2. The van der Waals surface area contributed by atoms with Crippen molar-refractivity contribution in [2.45, 2.75) is 45.6 Å². The van der Waals surface area contributed by atoms with Crippen molar-refractivity contribution in [1.82, 2.24) is 0 Å². The summed E-state index contributed by atoms with van der Waals surface area (Å²) < 4.78 is 0. The minimum absolute atomic E-state index is 0.514. The molecule has 1 unspecified atom stereocenters. The Kier molecular flexibility index (Phi) is 5.67. The summed E-state index contributed by atoms with van der Waals surface area (Å²) in [5.74, 6) is 0. The van der Waals surface area contributed by atoms with Crippen LogP contribution in [0.3, 0.4) is 0 Å². The van der Waals surface area contributed by atoms with E-state index in [-0.39, 0.29) is 0 Å². The summed E-state index contributed by atoms with van der Waals surface area (Å²) >= 11 is 0. The standard InChI is InChI=1S/C19H25N/c1-3-4-10-19(15-17-8-6-5-7-9-17)20-18-13-11-16(2)12-14-18/h5-9,11-14,19-20H,3-4,10,15H2,1-2H3. The van der Waals surface area contributed by atoms with Crippen molar-refractivity contribution in [3.63, 3.8) is 0 Å². The van der Waals surface area contributed by atoms with E-state index < -0.39 is 0 Å². The van der Waals surface area contributed by atoms with E-state index in [9.17, 15) is 0 Å². The molecule has 0 saturated carbocycles. The van der Waals surface area contributed by atoms with Crippen molar-refractivity contribution in [1.29, 1.82) is 0 Å². The lowest BCUT2D eigenvalue weighted by atomic mass is 10.0. The molecule has 106 valence electrons. The lowest BCUT2D eigenvalue weighted by Gasteiger charge is -2.20. The first-order valence-electron chi connectivity index (χ1n) is 7.65. The quantitative estimate of drug-likeness (QED) is 0.726. The topological polar surface area (TPSA) is 12.0 Å². The van der Waals surface area contributed by atoms with Gasteiger partial charge in [-0.3, -0.25) is 0 Å². The third kappa shape index (κ3) is 4.73. The maximum absolute atomic E-state index is 3.69. The van der Waals surface area contributed by atoms with Crippen LogP contribution in [-0.4, -0.2) is 6.04 Å². The summed E-state index contributed by atoms with van der Waals surface area (Å²) in [6, 6.07) is 20.0. The SMILES string of the molecule is CCCCC(Cc1ccccc1)Nc1ccc(C)cc1. The average molecular weight is 267 g/mol. The fraction of sp³-hybridized carbons (Fsp3) is 0.368. The average Bonchev–Trinajstić information content (AvgIpc) is 2.48. The maximum atomic E-state index is 3.69. The van der Waals surface area contributed by atoms with Crippen molar-refractivity contribution in [2.24, 2.45) is 0 Å². The van der Waals surface area contributed by atoms with Crippen LogP contribution in [0.15, 0.2) is 54.6 Å². The molecule has 0 fully saturated rings. The number of nitrogens with one attached hydrogen (secondary N) is 1. The number of rotatable bonds is 7. The van der Waals surface area contributed by atoms with Crippen LogP contribution in [0.5, 0.6) is 0 Å². The summed E-state index contributed by atoms with van der Waals surface area (Å²) in [4.78, 5) is 0. The highest BCUT2D eigenvalue weighted by Gasteiger charge is 2.09. The number of benzene rings is 2. The lowest BCUT2D eigenvalue weighted by molar-refractivity contribution is 0.605. The summed E-state index contributed by atoms with van der Waals surface area (Å²) in [5, 5.41) is 3.69. The predicted molar refractivity (Wildman–Crippen MR) is 88.3 cm³/mol. The normalized spacial score (nSPS) is 12.1. The van der Waals surface area contributed by atoms with Gasteiger partial charge in [0.2, 0.25) is 0 Å². The Morgan fingerprint density at radius 2 is 1.65 bits per heavy atom. The monoisotopic (exact) mass is 267 g/mol. The molecule has 0 amide bonds. The minimum atomic E-state index is 0.514. The van der Waals surface area contributed by atoms with Gasteiger partial charge < -0.3 is 5.32 Å². The van der Waals surface area contributed by atoms with Gasteiger partial charge in [-0.15, -0.1) is 0 Å². The first-order chi connectivity index (χ1) is 9.78. The zero-order valence-electron chi connectivity index (χ0n) is 12.6. The third-order valence-corrected chi connectivity index (χ3v) is 3.65. The van der Waals surface area contributed by atoms with Crippen LogP contribution in [0, 0.1) is 6.92 Å². The Morgan fingerprint density at radius 3 is 2.30 bits per heavy atom. The van der Waals surface area contributed by atoms with E-state index in [1.165, 1.54) is 36.1 Å². The summed E-state index contributed by atoms with van der Waals surface area (Å²) in [6.07, 6.45) is 4.84. The molecule has 0 aliphatic heterocycles. The van der Waals surface area contributed by atoms with Gasteiger partial charge in [0.15, 0.2) is 0 Å². The van der Waals surface area contributed by atoms with Gasteiger partial charge in [0.25, 0.3) is 0 Å². The molecule has 0 heterocycles. The van der Waals surface area contributed by atoms with Gasteiger partial charge in [0, 0.05) is 11.7 Å². The molecule has 0 spiro atoms. The number of aryl methyl sites for hydroxylation is 1. The number of hydrogen-bond donors (Lipinski definition) is 1. The van der Waals surface area contributed by atoms with E-state index >= 15 is 0 Å². The number of hydrogen-bond acceptors (Lipinski definition) is 1. The van der Waals surface area contributed by atoms with Crippen molar-refractivity contribution >= 4 is 5.69 Å². The van der Waals surface area contributed by atoms with E-state index in [1.807, 2.05) is 0 Å². The number of unbranched alkanes of at least 4 members (excludes halogenated alkanes) is 1. The van der Waals surface area contributed by atoms with E-state index in [0.29, 0.717) is 6.04 Å². The second-order valence-electron chi connectivity index (χ2n) is 5.54. The van der Waals surface area contributed by atoms with Gasteiger partial charge in [-0.2, -0.15) is 0 Å². The van der Waals surface area contributed by atoms with E-state index in [2.05, 4.69) is 73.8 Å². The minimum Gasteiger partial charge on any atom is -0.382 e. The highest BCUT2D eigenvalue weighted by Crippen LogP contribution is 2.16. The highest BCUT2D eigenvalue weighted by atomic mass is 14.9. The Bertz CT molecular complexity index is 487. The van der Waals surface area contributed by atoms with Crippen LogP contribution in [0.1, 0.15) is 37.3 Å². The van der Waals surface area contributed by atoms with Crippen LogP contribution in [0.4, 0.5) is 5.69 Å². The molecule has 0 aromatic heterocycles. The van der Waals surface area contributed by atoms with Gasteiger partial charge in [-0.1, -0.05) is 67.8 Å². The van der Waals surface area contributed by atoms with Gasteiger partial charge in [-0.25, -0.2) is 0 Å². The molecule has 20 heavy (non-hydrogen) atoms. The van der Waals surface area contributed by atoms with Gasteiger partial charge in [-0.05, 0) is 37.5 Å².